The standard InChI is InChI=1S/C9H15F3N2/c10-9(11,12)7-14-4-2-8(6-14)1-3-13-5-8/h13H,1-7H2. The smallest absolute Gasteiger partial charge is 0.316 e. The van der Waals surface area contributed by atoms with E-state index in [4.69, 9.17) is 0 Å². The van der Waals surface area contributed by atoms with Crippen molar-refractivity contribution >= 4 is 0 Å². The number of nitrogens with one attached hydrogen (secondary N) is 1. The predicted molar refractivity (Wildman–Crippen MR) is 47.0 cm³/mol. The topological polar surface area (TPSA) is 15.3 Å². The molecule has 1 atom stereocenters. The zero-order valence-electron chi connectivity index (χ0n) is 8.03. The van der Waals surface area contributed by atoms with E-state index in [9.17, 15) is 13.2 Å². The second kappa shape index (κ2) is 3.38. The monoisotopic (exact) mass is 208 g/mol. The highest BCUT2D eigenvalue weighted by molar-refractivity contribution is 4.95. The summed E-state index contributed by atoms with van der Waals surface area (Å²) in [6, 6.07) is 0. The molecule has 5 heteroatoms. The van der Waals surface area contributed by atoms with Gasteiger partial charge in [0.15, 0.2) is 0 Å². The lowest BCUT2D eigenvalue weighted by Crippen LogP contribution is -2.35. The summed E-state index contributed by atoms with van der Waals surface area (Å²) in [4.78, 5) is 1.53. The Bertz CT molecular complexity index is 209. The van der Waals surface area contributed by atoms with Gasteiger partial charge in [0.1, 0.15) is 0 Å². The summed E-state index contributed by atoms with van der Waals surface area (Å²) in [5.74, 6) is 0. The van der Waals surface area contributed by atoms with Gasteiger partial charge in [0.2, 0.25) is 0 Å². The van der Waals surface area contributed by atoms with E-state index < -0.39 is 12.7 Å². The first-order valence-electron chi connectivity index (χ1n) is 4.99. The van der Waals surface area contributed by atoms with E-state index in [1.54, 1.807) is 0 Å². The van der Waals surface area contributed by atoms with Gasteiger partial charge in [-0.05, 0) is 31.3 Å². The Kier molecular flexibility index (Phi) is 2.47. The lowest BCUT2D eigenvalue weighted by Gasteiger charge is -2.23. The van der Waals surface area contributed by atoms with Gasteiger partial charge in [0.05, 0.1) is 6.54 Å². The van der Waals surface area contributed by atoms with Gasteiger partial charge >= 0.3 is 6.18 Å². The Morgan fingerprint density at radius 1 is 1.29 bits per heavy atom. The van der Waals surface area contributed by atoms with Gasteiger partial charge in [-0.2, -0.15) is 13.2 Å². The summed E-state index contributed by atoms with van der Waals surface area (Å²) in [5, 5.41) is 3.23. The van der Waals surface area contributed by atoms with Crippen LogP contribution < -0.4 is 5.32 Å². The maximum Gasteiger partial charge on any atom is 0.401 e. The van der Waals surface area contributed by atoms with Crippen molar-refractivity contribution in [3.63, 3.8) is 0 Å². The number of nitrogens with zero attached hydrogens (tertiary/aromatic N) is 1. The highest BCUT2D eigenvalue weighted by Crippen LogP contribution is 2.36. The first kappa shape index (κ1) is 10.2. The largest absolute Gasteiger partial charge is 0.401 e. The van der Waals surface area contributed by atoms with Crippen LogP contribution in [0.3, 0.4) is 0 Å². The van der Waals surface area contributed by atoms with Gasteiger partial charge in [-0.25, -0.2) is 0 Å². The lowest BCUT2D eigenvalue weighted by molar-refractivity contribution is -0.144. The minimum absolute atomic E-state index is 0.144. The van der Waals surface area contributed by atoms with Crippen molar-refractivity contribution in [2.24, 2.45) is 5.41 Å². The van der Waals surface area contributed by atoms with Crippen LogP contribution in [0.4, 0.5) is 13.2 Å². The third-order valence-corrected chi connectivity index (χ3v) is 3.25. The molecule has 0 amide bonds. The van der Waals surface area contributed by atoms with E-state index in [0.717, 1.165) is 25.9 Å². The molecule has 0 aromatic carbocycles. The van der Waals surface area contributed by atoms with Crippen LogP contribution in [-0.4, -0.2) is 43.8 Å². The molecule has 82 valence electrons. The third kappa shape index (κ3) is 2.20. The second-order valence-electron chi connectivity index (χ2n) is 4.50. The van der Waals surface area contributed by atoms with Crippen molar-refractivity contribution in [2.75, 3.05) is 32.7 Å². The Balaban J connectivity index is 1.88. The summed E-state index contributed by atoms with van der Waals surface area (Å²) >= 11 is 0. The molecule has 2 heterocycles. The summed E-state index contributed by atoms with van der Waals surface area (Å²) in [5.41, 5.74) is 0.144. The van der Waals surface area contributed by atoms with Crippen molar-refractivity contribution in [1.29, 1.82) is 0 Å². The van der Waals surface area contributed by atoms with Crippen LogP contribution in [0.25, 0.3) is 0 Å². The van der Waals surface area contributed by atoms with Gasteiger partial charge in [-0.1, -0.05) is 0 Å². The highest BCUT2D eigenvalue weighted by Gasteiger charge is 2.43. The van der Waals surface area contributed by atoms with Crippen molar-refractivity contribution in [1.82, 2.24) is 10.2 Å². The van der Waals surface area contributed by atoms with Crippen molar-refractivity contribution < 1.29 is 13.2 Å². The van der Waals surface area contributed by atoms with Crippen LogP contribution in [0.1, 0.15) is 12.8 Å². The van der Waals surface area contributed by atoms with E-state index in [-0.39, 0.29) is 5.41 Å². The molecule has 2 fully saturated rings. The number of likely N-dealkylation sites (tertiary alicyclic amines) is 1. The maximum absolute atomic E-state index is 12.1. The molecule has 1 unspecified atom stereocenters. The van der Waals surface area contributed by atoms with Crippen LogP contribution >= 0.6 is 0 Å². The van der Waals surface area contributed by atoms with Gasteiger partial charge < -0.3 is 5.32 Å². The quantitative estimate of drug-likeness (QED) is 0.697. The first-order valence-corrected chi connectivity index (χ1v) is 4.99. The molecule has 2 nitrogen and oxygen atoms in total. The molecule has 2 aliphatic heterocycles. The molecule has 0 radical (unpaired) electrons. The molecule has 2 aliphatic rings. The molecule has 0 aromatic rings. The van der Waals surface area contributed by atoms with Crippen molar-refractivity contribution in [2.45, 2.75) is 19.0 Å². The minimum atomic E-state index is -4.04. The zero-order valence-corrected chi connectivity index (χ0v) is 8.03. The average Bonchev–Trinajstić information content (AvgIpc) is 2.60. The van der Waals surface area contributed by atoms with E-state index >= 15 is 0 Å². The van der Waals surface area contributed by atoms with Gasteiger partial charge in [0.25, 0.3) is 0 Å². The molecule has 1 N–H and O–H groups in total. The second-order valence-corrected chi connectivity index (χ2v) is 4.50. The number of rotatable bonds is 1. The van der Waals surface area contributed by atoms with E-state index in [1.165, 1.54) is 4.90 Å². The number of hydrogen-bond acceptors (Lipinski definition) is 2. The van der Waals surface area contributed by atoms with Gasteiger partial charge in [0, 0.05) is 13.1 Å². The summed E-state index contributed by atoms with van der Waals surface area (Å²) < 4.78 is 36.4. The Hall–Kier alpha value is -0.290. The average molecular weight is 208 g/mol. The van der Waals surface area contributed by atoms with E-state index in [2.05, 4.69) is 5.32 Å². The molecule has 1 spiro atoms. The van der Waals surface area contributed by atoms with Crippen molar-refractivity contribution in [3.05, 3.63) is 0 Å². The molecule has 0 aromatic heterocycles. The van der Waals surface area contributed by atoms with E-state index in [0.29, 0.717) is 13.1 Å². The first-order chi connectivity index (χ1) is 6.49. The summed E-state index contributed by atoms with van der Waals surface area (Å²) in [6.07, 6.45) is -2.10. The Labute approximate surface area is 81.5 Å². The molecule has 0 bridgehead atoms. The van der Waals surface area contributed by atoms with Crippen LogP contribution in [0, 0.1) is 5.41 Å². The van der Waals surface area contributed by atoms with Crippen LogP contribution in [0.5, 0.6) is 0 Å². The fourth-order valence-corrected chi connectivity index (χ4v) is 2.56. The molecular formula is C9H15F3N2. The number of hydrogen-bond donors (Lipinski definition) is 1. The Morgan fingerprint density at radius 2 is 2.07 bits per heavy atom. The number of alkyl halides is 3. The number of halogens is 3. The fraction of sp³-hybridized carbons (Fsp3) is 1.00. The van der Waals surface area contributed by atoms with Crippen LogP contribution in [0.15, 0.2) is 0 Å². The van der Waals surface area contributed by atoms with Gasteiger partial charge in [-0.15, -0.1) is 0 Å². The molecule has 0 saturated carbocycles. The molecule has 2 rings (SSSR count). The molecule has 0 aliphatic carbocycles. The zero-order chi connectivity index (χ0) is 10.2. The minimum Gasteiger partial charge on any atom is -0.316 e. The normalized spacial score (nSPS) is 34.5. The van der Waals surface area contributed by atoms with Crippen LogP contribution in [-0.2, 0) is 0 Å². The van der Waals surface area contributed by atoms with Crippen molar-refractivity contribution in [3.8, 4) is 0 Å². The SMILES string of the molecule is FC(F)(F)CN1CCC2(CCNC2)C1. The van der Waals surface area contributed by atoms with E-state index in [1.807, 2.05) is 0 Å². The lowest BCUT2D eigenvalue weighted by atomic mass is 9.87. The summed E-state index contributed by atoms with van der Waals surface area (Å²) in [7, 11) is 0. The fourth-order valence-electron chi connectivity index (χ4n) is 2.56. The third-order valence-electron chi connectivity index (χ3n) is 3.25. The summed E-state index contributed by atoms with van der Waals surface area (Å²) in [6.45, 7) is 2.32. The molecule has 2 saturated heterocycles. The maximum atomic E-state index is 12.1. The Morgan fingerprint density at radius 3 is 2.64 bits per heavy atom. The van der Waals surface area contributed by atoms with Gasteiger partial charge in [-0.3, -0.25) is 4.90 Å². The molecule has 14 heavy (non-hydrogen) atoms. The molecular weight excluding hydrogens is 193 g/mol. The highest BCUT2D eigenvalue weighted by atomic mass is 19.4. The van der Waals surface area contributed by atoms with Crippen LogP contribution in [0.2, 0.25) is 0 Å². The predicted octanol–water partition coefficient (Wildman–Crippen LogP) is 1.23.